The maximum absolute atomic E-state index is 12.1. The Kier molecular flexibility index (Phi) is 6.63. The van der Waals surface area contributed by atoms with Crippen LogP contribution >= 0.6 is 0 Å². The third-order valence-corrected chi connectivity index (χ3v) is 4.70. The summed E-state index contributed by atoms with van der Waals surface area (Å²) >= 11 is 0. The van der Waals surface area contributed by atoms with Crippen LogP contribution in [0.5, 0.6) is 0 Å². The Morgan fingerprint density at radius 1 is 1.29 bits per heavy atom. The topological polar surface area (TPSA) is 189 Å². The molecule has 0 radical (unpaired) electrons. The van der Waals surface area contributed by atoms with Crippen LogP contribution in [0.1, 0.15) is 6.42 Å². The number of carbonyl (C=O) groups excluding carboxylic acids is 3. The molecule has 1 unspecified atom stereocenters. The number of carboxylic acid groups (broad SMARTS) is 2. The number of hydrogen-bond donors (Lipinski definition) is 4. The van der Waals surface area contributed by atoms with Gasteiger partial charge in [0.2, 0.25) is 11.8 Å². The summed E-state index contributed by atoms with van der Waals surface area (Å²) in [6.45, 7) is 0.279. The van der Waals surface area contributed by atoms with Crippen molar-refractivity contribution in [1.29, 1.82) is 0 Å². The molecule has 0 spiro atoms. The number of rotatable bonds is 3. The number of ether oxygens (including phenoxy) is 2. The van der Waals surface area contributed by atoms with Gasteiger partial charge in [-0.15, -0.1) is 0 Å². The molecule has 0 aliphatic carbocycles. The number of piperidine rings is 1. The minimum absolute atomic E-state index is 0.114. The number of aliphatic carboxylic acids is 1. The van der Waals surface area contributed by atoms with Crippen LogP contribution in [-0.2, 0) is 19.1 Å². The fourth-order valence-corrected chi connectivity index (χ4v) is 3.32. The number of primary amides is 1. The predicted molar refractivity (Wildman–Crippen MR) is 89.1 cm³/mol. The summed E-state index contributed by atoms with van der Waals surface area (Å²) in [5.41, 5.74) is 5.39. The minimum atomic E-state index is -5.08. The van der Waals surface area contributed by atoms with Gasteiger partial charge in [0.25, 0.3) is 0 Å². The van der Waals surface area contributed by atoms with E-state index in [1.54, 1.807) is 0 Å². The Morgan fingerprint density at radius 3 is 2.35 bits per heavy atom. The molecule has 5 N–H and O–H groups in total. The zero-order chi connectivity index (χ0) is 23.7. The lowest BCUT2D eigenvalue weighted by atomic mass is 9.79. The zero-order valence-electron chi connectivity index (χ0n) is 15.7. The van der Waals surface area contributed by atoms with Crippen LogP contribution in [0, 0.1) is 5.92 Å². The number of amides is 4. The van der Waals surface area contributed by atoms with E-state index in [1.807, 2.05) is 0 Å². The summed E-state index contributed by atoms with van der Waals surface area (Å²) < 4.78 is 41.5. The first-order valence-electron chi connectivity index (χ1n) is 8.47. The average molecular weight is 454 g/mol. The molecule has 0 saturated carbocycles. The maximum Gasteiger partial charge on any atom is 0.512 e. The van der Waals surface area contributed by atoms with Crippen LogP contribution in [0.2, 0.25) is 0 Å². The molecule has 31 heavy (non-hydrogen) atoms. The standard InChI is InChI=1S/C13H16N4O7.C2HF3O2/c1-16(11(14)19)12(20)23-4-6-5-2-3-15-7-8(5)17(9(7)18)10(6)24-13(21)22;3-2(4,5)1(6)7/h5,7-8,15H,2-4H2,1H3,(H2,14,19)(H,21,22);(H,6,7)/t5?,7-,8+;/m0./s1. The largest absolute Gasteiger partial charge is 0.512 e. The predicted octanol–water partition coefficient (Wildman–Crippen LogP) is -0.124. The lowest BCUT2D eigenvalue weighted by Gasteiger charge is -2.48. The summed E-state index contributed by atoms with van der Waals surface area (Å²) in [7, 11) is 1.15. The van der Waals surface area contributed by atoms with Crippen molar-refractivity contribution >= 4 is 30.2 Å². The lowest BCUT2D eigenvalue weighted by Crippen LogP contribution is -2.71. The first kappa shape index (κ1) is 23.7. The first-order valence-corrected chi connectivity index (χ1v) is 8.47. The number of alkyl halides is 3. The molecule has 2 saturated heterocycles. The van der Waals surface area contributed by atoms with Crippen molar-refractivity contribution in [2.75, 3.05) is 20.2 Å². The Bertz CT molecular complexity index is 844. The van der Waals surface area contributed by atoms with Crippen LogP contribution in [0.15, 0.2) is 11.5 Å². The van der Waals surface area contributed by atoms with Crippen molar-refractivity contribution < 1.29 is 56.8 Å². The normalized spacial score (nSPS) is 23.7. The summed E-state index contributed by atoms with van der Waals surface area (Å²) in [4.78, 5) is 56.4. The third-order valence-electron chi connectivity index (χ3n) is 4.70. The molecule has 16 heteroatoms. The molecule has 3 aliphatic rings. The molecule has 0 bridgehead atoms. The molecular weight excluding hydrogens is 437 g/mol. The highest BCUT2D eigenvalue weighted by atomic mass is 19.4. The van der Waals surface area contributed by atoms with Crippen molar-refractivity contribution in [3.8, 4) is 0 Å². The van der Waals surface area contributed by atoms with Crippen LogP contribution in [0.3, 0.4) is 0 Å². The SMILES string of the molecule is CN(C(N)=O)C(=O)OCC1=C(OC(=O)O)N2C(=O)[C@H]3NCCC1[C@H]32.O=C(O)C(F)(F)F. The van der Waals surface area contributed by atoms with Gasteiger partial charge in [-0.05, 0) is 13.0 Å². The van der Waals surface area contributed by atoms with Crippen molar-refractivity contribution in [2.24, 2.45) is 11.7 Å². The molecule has 0 aromatic carbocycles. The lowest BCUT2D eigenvalue weighted by molar-refractivity contribution is -0.192. The van der Waals surface area contributed by atoms with Gasteiger partial charge in [-0.25, -0.2) is 24.1 Å². The number of hydrogen-bond acceptors (Lipinski definition) is 8. The third kappa shape index (κ3) is 4.79. The first-order chi connectivity index (χ1) is 14.3. The summed E-state index contributed by atoms with van der Waals surface area (Å²) in [5, 5.41) is 19.1. The van der Waals surface area contributed by atoms with Crippen molar-refractivity contribution in [2.45, 2.75) is 24.7 Å². The molecule has 172 valence electrons. The van der Waals surface area contributed by atoms with E-state index in [4.69, 9.17) is 30.2 Å². The number of halogens is 3. The zero-order valence-corrected chi connectivity index (χ0v) is 15.7. The van der Waals surface area contributed by atoms with E-state index in [9.17, 15) is 32.3 Å². The molecule has 3 rings (SSSR count). The fourth-order valence-electron chi connectivity index (χ4n) is 3.32. The number of imide groups is 1. The number of carboxylic acids is 1. The van der Waals surface area contributed by atoms with Gasteiger partial charge < -0.3 is 30.7 Å². The Labute approximate surface area is 171 Å². The summed E-state index contributed by atoms with van der Waals surface area (Å²) in [6.07, 6.45) is -6.99. The summed E-state index contributed by atoms with van der Waals surface area (Å²) in [6, 6.07) is -1.62. The molecule has 0 aromatic heterocycles. The van der Waals surface area contributed by atoms with Gasteiger partial charge in [-0.2, -0.15) is 13.2 Å². The van der Waals surface area contributed by atoms with E-state index >= 15 is 0 Å². The van der Waals surface area contributed by atoms with Gasteiger partial charge >= 0.3 is 30.4 Å². The Balaban J connectivity index is 0.000000423. The molecule has 3 atom stereocenters. The number of nitrogens with two attached hydrogens (primary N) is 1. The number of β-lactam (4-membered cyclic amide) rings is 1. The molecule has 4 amide bonds. The van der Waals surface area contributed by atoms with Crippen molar-refractivity contribution in [3.63, 3.8) is 0 Å². The molecular formula is C15H17F3N4O9. The highest BCUT2D eigenvalue weighted by molar-refractivity contribution is 5.93. The number of carbonyl (C=O) groups is 5. The van der Waals surface area contributed by atoms with Crippen LogP contribution in [0.25, 0.3) is 0 Å². The summed E-state index contributed by atoms with van der Waals surface area (Å²) in [5.74, 6) is -3.32. The van der Waals surface area contributed by atoms with Crippen LogP contribution in [-0.4, -0.2) is 88.6 Å². The molecule has 3 heterocycles. The van der Waals surface area contributed by atoms with Gasteiger partial charge in [0, 0.05) is 18.5 Å². The maximum atomic E-state index is 12.1. The average Bonchev–Trinajstić information content (AvgIpc) is 2.95. The van der Waals surface area contributed by atoms with Gasteiger partial charge in [-0.1, -0.05) is 0 Å². The Hall–Kier alpha value is -3.56. The fraction of sp³-hybridized carbons (Fsp3) is 0.533. The monoisotopic (exact) mass is 454 g/mol. The van der Waals surface area contributed by atoms with E-state index in [1.165, 1.54) is 4.90 Å². The second-order valence-electron chi connectivity index (χ2n) is 6.48. The van der Waals surface area contributed by atoms with E-state index in [2.05, 4.69) is 5.32 Å². The van der Waals surface area contributed by atoms with Gasteiger partial charge in [0.05, 0.1) is 6.04 Å². The second-order valence-corrected chi connectivity index (χ2v) is 6.48. The molecule has 3 aliphatic heterocycles. The van der Waals surface area contributed by atoms with Crippen molar-refractivity contribution in [3.05, 3.63) is 11.5 Å². The van der Waals surface area contributed by atoms with Crippen LogP contribution < -0.4 is 11.1 Å². The van der Waals surface area contributed by atoms with Gasteiger partial charge in [0.1, 0.15) is 12.6 Å². The minimum Gasteiger partial charge on any atom is -0.475 e. The number of nitrogens with zero attached hydrogens (tertiary/aromatic N) is 2. The number of urea groups is 1. The van der Waals surface area contributed by atoms with Gasteiger partial charge in [0.15, 0.2) is 0 Å². The quantitative estimate of drug-likeness (QED) is 0.330. The Morgan fingerprint density at radius 2 is 1.87 bits per heavy atom. The highest BCUT2D eigenvalue weighted by Crippen LogP contribution is 2.46. The van der Waals surface area contributed by atoms with E-state index < -0.39 is 36.5 Å². The van der Waals surface area contributed by atoms with E-state index in [0.717, 1.165) is 7.05 Å². The van der Waals surface area contributed by atoms with Crippen LogP contribution in [0.4, 0.5) is 27.6 Å². The van der Waals surface area contributed by atoms with E-state index in [-0.39, 0.29) is 30.4 Å². The molecule has 0 aromatic rings. The smallest absolute Gasteiger partial charge is 0.475 e. The molecule has 13 nitrogen and oxygen atoms in total. The van der Waals surface area contributed by atoms with Gasteiger partial charge in [-0.3, -0.25) is 9.69 Å². The van der Waals surface area contributed by atoms with Crippen molar-refractivity contribution in [1.82, 2.24) is 15.1 Å². The van der Waals surface area contributed by atoms with E-state index in [0.29, 0.717) is 23.4 Å². The number of nitrogens with one attached hydrogen (secondary N) is 1. The second kappa shape index (κ2) is 8.66. The molecule has 2 fully saturated rings. The highest BCUT2D eigenvalue weighted by Gasteiger charge is 2.61.